The molecule has 0 saturated heterocycles. The van der Waals surface area contributed by atoms with Crippen molar-refractivity contribution in [2.45, 2.75) is 45.1 Å². The van der Waals surface area contributed by atoms with Gasteiger partial charge >= 0.3 is 0 Å². The van der Waals surface area contributed by atoms with Crippen LogP contribution < -0.4 is 10.5 Å². The first kappa shape index (κ1) is 12.5. The Hall–Kier alpha value is -0.540. The van der Waals surface area contributed by atoms with Crippen molar-refractivity contribution in [1.29, 1.82) is 0 Å². The van der Waals surface area contributed by atoms with Gasteiger partial charge in [0.2, 0.25) is 0 Å². The monoisotopic (exact) mass is 309 g/mol. The molecule has 0 spiro atoms. The summed E-state index contributed by atoms with van der Waals surface area (Å²) < 4.78 is 6.99. The van der Waals surface area contributed by atoms with Gasteiger partial charge in [-0.2, -0.15) is 0 Å². The fourth-order valence-corrected chi connectivity index (χ4v) is 4.02. The summed E-state index contributed by atoms with van der Waals surface area (Å²) in [5.41, 5.74) is 9.12. The molecule has 1 fully saturated rings. The smallest absolute Gasteiger partial charge is 0.125 e. The SMILES string of the molecule is CC1(Cc2cc(Br)cc3c2OCC3)CCC(N)C1. The van der Waals surface area contributed by atoms with Gasteiger partial charge in [-0.25, -0.2) is 0 Å². The highest BCUT2D eigenvalue weighted by Gasteiger charge is 2.34. The predicted octanol–water partition coefficient (Wildman–Crippen LogP) is 3.44. The summed E-state index contributed by atoms with van der Waals surface area (Å²) in [4.78, 5) is 0. The molecule has 1 heterocycles. The molecule has 3 rings (SSSR count). The zero-order valence-electron chi connectivity index (χ0n) is 10.8. The third-order valence-electron chi connectivity index (χ3n) is 4.32. The number of halogens is 1. The van der Waals surface area contributed by atoms with Crippen LogP contribution in [0.4, 0.5) is 0 Å². The van der Waals surface area contributed by atoms with Crippen molar-refractivity contribution < 1.29 is 4.74 Å². The molecule has 1 aliphatic heterocycles. The molecule has 0 amide bonds. The maximum atomic E-state index is 6.07. The number of hydrogen-bond acceptors (Lipinski definition) is 2. The van der Waals surface area contributed by atoms with Gasteiger partial charge in [0.05, 0.1) is 6.61 Å². The molecule has 0 aromatic heterocycles. The fourth-order valence-electron chi connectivity index (χ4n) is 3.47. The summed E-state index contributed by atoms with van der Waals surface area (Å²) in [6.45, 7) is 3.19. The Labute approximate surface area is 117 Å². The average molecular weight is 310 g/mol. The van der Waals surface area contributed by atoms with E-state index in [4.69, 9.17) is 10.5 Å². The molecular weight excluding hydrogens is 290 g/mol. The first-order valence-electron chi connectivity index (χ1n) is 6.75. The van der Waals surface area contributed by atoms with Gasteiger partial charge in [0.15, 0.2) is 0 Å². The van der Waals surface area contributed by atoms with Crippen molar-refractivity contribution in [2.24, 2.45) is 11.1 Å². The third kappa shape index (κ3) is 2.30. The summed E-state index contributed by atoms with van der Waals surface area (Å²) in [6.07, 6.45) is 5.65. The summed E-state index contributed by atoms with van der Waals surface area (Å²) in [5.74, 6) is 1.14. The molecule has 1 aromatic rings. The second-order valence-electron chi connectivity index (χ2n) is 6.14. The van der Waals surface area contributed by atoms with Crippen LogP contribution in [-0.4, -0.2) is 12.6 Å². The van der Waals surface area contributed by atoms with Gasteiger partial charge in [-0.05, 0) is 54.4 Å². The van der Waals surface area contributed by atoms with E-state index in [9.17, 15) is 0 Å². The van der Waals surface area contributed by atoms with Crippen LogP contribution >= 0.6 is 15.9 Å². The minimum atomic E-state index is 0.347. The maximum Gasteiger partial charge on any atom is 0.125 e. The highest BCUT2D eigenvalue weighted by atomic mass is 79.9. The quantitative estimate of drug-likeness (QED) is 0.908. The number of benzene rings is 1. The lowest BCUT2D eigenvalue weighted by molar-refractivity contribution is 0.313. The molecular formula is C15H20BrNO. The Kier molecular flexibility index (Phi) is 3.15. The van der Waals surface area contributed by atoms with E-state index in [0.717, 1.165) is 38.0 Å². The van der Waals surface area contributed by atoms with Crippen molar-refractivity contribution >= 4 is 15.9 Å². The molecule has 98 valence electrons. The second-order valence-corrected chi connectivity index (χ2v) is 7.06. The molecule has 0 bridgehead atoms. The molecule has 2 atom stereocenters. The molecule has 1 aliphatic carbocycles. The van der Waals surface area contributed by atoms with Crippen molar-refractivity contribution in [3.63, 3.8) is 0 Å². The normalized spacial score (nSPS) is 30.3. The maximum absolute atomic E-state index is 6.07. The van der Waals surface area contributed by atoms with E-state index >= 15 is 0 Å². The largest absolute Gasteiger partial charge is 0.493 e. The Morgan fingerprint density at radius 1 is 1.50 bits per heavy atom. The zero-order chi connectivity index (χ0) is 12.8. The topological polar surface area (TPSA) is 35.2 Å². The number of nitrogens with two attached hydrogens (primary N) is 1. The number of ether oxygens (including phenoxy) is 1. The van der Waals surface area contributed by atoms with Gasteiger partial charge in [-0.3, -0.25) is 0 Å². The molecule has 2 aliphatic rings. The Bertz CT molecular complexity index is 474. The van der Waals surface area contributed by atoms with Gasteiger partial charge in [0.1, 0.15) is 5.75 Å². The minimum absolute atomic E-state index is 0.347. The van der Waals surface area contributed by atoms with E-state index < -0.39 is 0 Å². The standard InChI is InChI=1S/C15H20BrNO/c1-15(4-2-13(17)9-15)8-11-7-12(16)6-10-3-5-18-14(10)11/h6-7,13H,2-5,8-9,17H2,1H3. The van der Waals surface area contributed by atoms with Gasteiger partial charge in [0, 0.05) is 16.9 Å². The first-order valence-corrected chi connectivity index (χ1v) is 7.55. The van der Waals surface area contributed by atoms with Crippen molar-refractivity contribution in [1.82, 2.24) is 0 Å². The lowest BCUT2D eigenvalue weighted by atomic mass is 9.81. The van der Waals surface area contributed by atoms with E-state index in [0.29, 0.717) is 11.5 Å². The van der Waals surface area contributed by atoms with E-state index in [-0.39, 0.29) is 0 Å². The average Bonchev–Trinajstić information content (AvgIpc) is 2.85. The highest BCUT2D eigenvalue weighted by Crippen LogP contribution is 2.43. The van der Waals surface area contributed by atoms with Crippen LogP contribution in [0.15, 0.2) is 16.6 Å². The lowest BCUT2D eigenvalue weighted by Crippen LogP contribution is -2.21. The van der Waals surface area contributed by atoms with Crippen LogP contribution in [0, 0.1) is 5.41 Å². The molecule has 2 unspecified atom stereocenters. The van der Waals surface area contributed by atoms with Gasteiger partial charge in [-0.15, -0.1) is 0 Å². The molecule has 2 nitrogen and oxygen atoms in total. The molecule has 18 heavy (non-hydrogen) atoms. The van der Waals surface area contributed by atoms with Crippen molar-refractivity contribution in [3.8, 4) is 5.75 Å². The number of rotatable bonds is 2. The van der Waals surface area contributed by atoms with Crippen LogP contribution in [0.3, 0.4) is 0 Å². The van der Waals surface area contributed by atoms with E-state index in [1.807, 2.05) is 0 Å². The zero-order valence-corrected chi connectivity index (χ0v) is 12.4. The highest BCUT2D eigenvalue weighted by molar-refractivity contribution is 9.10. The van der Waals surface area contributed by atoms with E-state index in [1.54, 1.807) is 0 Å². The Morgan fingerprint density at radius 3 is 3.06 bits per heavy atom. The second kappa shape index (κ2) is 4.53. The van der Waals surface area contributed by atoms with Crippen LogP contribution in [0.2, 0.25) is 0 Å². The van der Waals surface area contributed by atoms with Gasteiger partial charge in [-0.1, -0.05) is 22.9 Å². The third-order valence-corrected chi connectivity index (χ3v) is 4.77. The lowest BCUT2D eigenvalue weighted by Gasteiger charge is -2.25. The van der Waals surface area contributed by atoms with Crippen molar-refractivity contribution in [3.05, 3.63) is 27.7 Å². The van der Waals surface area contributed by atoms with Crippen molar-refractivity contribution in [2.75, 3.05) is 6.61 Å². The predicted molar refractivity (Wildman–Crippen MR) is 77.0 cm³/mol. The Morgan fingerprint density at radius 2 is 2.33 bits per heavy atom. The first-order chi connectivity index (χ1) is 8.56. The molecule has 0 radical (unpaired) electrons. The Balaban J connectivity index is 1.89. The summed E-state index contributed by atoms with van der Waals surface area (Å²) in [7, 11) is 0. The van der Waals surface area contributed by atoms with E-state index in [2.05, 4.69) is 35.0 Å². The molecule has 2 N–H and O–H groups in total. The molecule has 3 heteroatoms. The van der Waals surface area contributed by atoms with Gasteiger partial charge in [0.25, 0.3) is 0 Å². The molecule has 1 aromatic carbocycles. The summed E-state index contributed by atoms with van der Waals surface area (Å²) in [5, 5.41) is 0. The fraction of sp³-hybridized carbons (Fsp3) is 0.600. The number of hydrogen-bond donors (Lipinski definition) is 1. The minimum Gasteiger partial charge on any atom is -0.493 e. The van der Waals surface area contributed by atoms with E-state index in [1.165, 1.54) is 22.0 Å². The van der Waals surface area contributed by atoms with Crippen LogP contribution in [0.25, 0.3) is 0 Å². The molecule has 1 saturated carbocycles. The summed E-state index contributed by atoms with van der Waals surface area (Å²) in [6, 6.07) is 4.80. The number of fused-ring (bicyclic) bond motifs is 1. The summed E-state index contributed by atoms with van der Waals surface area (Å²) >= 11 is 3.61. The van der Waals surface area contributed by atoms with Crippen LogP contribution in [0.5, 0.6) is 5.75 Å². The van der Waals surface area contributed by atoms with Crippen LogP contribution in [-0.2, 0) is 12.8 Å². The van der Waals surface area contributed by atoms with Gasteiger partial charge < -0.3 is 10.5 Å². The van der Waals surface area contributed by atoms with Crippen LogP contribution in [0.1, 0.15) is 37.3 Å².